The first-order chi connectivity index (χ1) is 10.2. The number of rotatable bonds is 7. The molecular formula is C18H26N2O. The SMILES string of the molecule is CCCCc1[nH]n(CCCC)c(=O)c1-c1ccc(C)cc1. The molecule has 21 heavy (non-hydrogen) atoms. The van der Waals surface area contributed by atoms with Crippen LogP contribution in [0, 0.1) is 6.92 Å². The van der Waals surface area contributed by atoms with E-state index in [4.69, 9.17) is 0 Å². The van der Waals surface area contributed by atoms with Gasteiger partial charge in [0, 0.05) is 12.2 Å². The summed E-state index contributed by atoms with van der Waals surface area (Å²) in [6, 6.07) is 8.25. The predicted molar refractivity (Wildman–Crippen MR) is 88.7 cm³/mol. The minimum atomic E-state index is 0.124. The number of hydrogen-bond donors (Lipinski definition) is 1. The van der Waals surface area contributed by atoms with Crippen molar-refractivity contribution in [1.82, 2.24) is 9.78 Å². The van der Waals surface area contributed by atoms with Crippen LogP contribution in [0.25, 0.3) is 11.1 Å². The maximum atomic E-state index is 12.7. The normalized spacial score (nSPS) is 11.0. The Labute approximate surface area is 127 Å². The molecule has 1 heterocycles. The van der Waals surface area contributed by atoms with Gasteiger partial charge in [0.2, 0.25) is 0 Å². The first kappa shape index (κ1) is 15.6. The molecule has 0 radical (unpaired) electrons. The minimum Gasteiger partial charge on any atom is -0.299 e. The van der Waals surface area contributed by atoms with Crippen molar-refractivity contribution in [2.75, 3.05) is 0 Å². The second-order valence-corrected chi connectivity index (χ2v) is 5.75. The summed E-state index contributed by atoms with van der Waals surface area (Å²) in [6.07, 6.45) is 5.30. The third-order valence-electron chi connectivity index (χ3n) is 3.89. The van der Waals surface area contributed by atoms with E-state index in [1.807, 2.05) is 0 Å². The number of aryl methyl sites for hydroxylation is 3. The smallest absolute Gasteiger partial charge is 0.274 e. The molecule has 0 bridgehead atoms. The van der Waals surface area contributed by atoms with Crippen LogP contribution in [0.5, 0.6) is 0 Å². The van der Waals surface area contributed by atoms with E-state index in [1.54, 1.807) is 4.68 Å². The summed E-state index contributed by atoms with van der Waals surface area (Å²) in [6.45, 7) is 7.17. The molecule has 0 unspecified atom stereocenters. The Hall–Kier alpha value is -1.77. The van der Waals surface area contributed by atoms with Crippen molar-refractivity contribution in [2.24, 2.45) is 0 Å². The monoisotopic (exact) mass is 286 g/mol. The van der Waals surface area contributed by atoms with Crippen molar-refractivity contribution >= 4 is 0 Å². The van der Waals surface area contributed by atoms with Gasteiger partial charge in [0.05, 0.1) is 5.56 Å². The lowest BCUT2D eigenvalue weighted by Gasteiger charge is -2.02. The zero-order valence-electron chi connectivity index (χ0n) is 13.4. The van der Waals surface area contributed by atoms with E-state index in [0.29, 0.717) is 0 Å². The highest BCUT2D eigenvalue weighted by Crippen LogP contribution is 2.21. The maximum absolute atomic E-state index is 12.7. The zero-order chi connectivity index (χ0) is 15.2. The molecule has 2 rings (SSSR count). The summed E-state index contributed by atoms with van der Waals surface area (Å²) < 4.78 is 1.78. The minimum absolute atomic E-state index is 0.124. The summed E-state index contributed by atoms with van der Waals surface area (Å²) in [5.41, 5.74) is 4.32. The van der Waals surface area contributed by atoms with Gasteiger partial charge in [-0.3, -0.25) is 14.6 Å². The van der Waals surface area contributed by atoms with Gasteiger partial charge in [-0.25, -0.2) is 0 Å². The highest BCUT2D eigenvalue weighted by molar-refractivity contribution is 5.65. The second-order valence-electron chi connectivity index (χ2n) is 5.75. The fourth-order valence-corrected chi connectivity index (χ4v) is 2.56. The van der Waals surface area contributed by atoms with E-state index < -0.39 is 0 Å². The number of benzene rings is 1. The number of hydrogen-bond acceptors (Lipinski definition) is 1. The lowest BCUT2D eigenvalue weighted by molar-refractivity contribution is 0.550. The van der Waals surface area contributed by atoms with E-state index in [-0.39, 0.29) is 5.56 Å². The fourth-order valence-electron chi connectivity index (χ4n) is 2.56. The molecule has 0 aliphatic carbocycles. The first-order valence-corrected chi connectivity index (χ1v) is 8.06. The molecule has 0 spiro atoms. The Morgan fingerprint density at radius 1 is 1.05 bits per heavy atom. The number of H-pyrrole nitrogens is 1. The molecule has 2 aromatic rings. The molecule has 0 aliphatic heterocycles. The molecule has 0 aliphatic rings. The Morgan fingerprint density at radius 2 is 1.71 bits per heavy atom. The molecular weight excluding hydrogens is 260 g/mol. The number of unbranched alkanes of at least 4 members (excludes halogenated alkanes) is 2. The van der Waals surface area contributed by atoms with Crippen LogP contribution in [0.3, 0.4) is 0 Å². The maximum Gasteiger partial charge on any atom is 0.274 e. The molecule has 0 fully saturated rings. The van der Waals surface area contributed by atoms with E-state index in [9.17, 15) is 4.79 Å². The average molecular weight is 286 g/mol. The lowest BCUT2D eigenvalue weighted by Crippen LogP contribution is -2.17. The van der Waals surface area contributed by atoms with Crippen molar-refractivity contribution in [1.29, 1.82) is 0 Å². The van der Waals surface area contributed by atoms with Gasteiger partial charge in [-0.1, -0.05) is 56.5 Å². The van der Waals surface area contributed by atoms with Crippen molar-refractivity contribution < 1.29 is 0 Å². The quantitative estimate of drug-likeness (QED) is 0.810. The third-order valence-corrected chi connectivity index (χ3v) is 3.89. The molecule has 3 nitrogen and oxygen atoms in total. The van der Waals surface area contributed by atoms with E-state index >= 15 is 0 Å². The van der Waals surface area contributed by atoms with Crippen LogP contribution >= 0.6 is 0 Å². The van der Waals surface area contributed by atoms with Crippen LogP contribution < -0.4 is 5.56 Å². The van der Waals surface area contributed by atoms with Crippen LogP contribution in [0.4, 0.5) is 0 Å². The Kier molecular flexibility index (Phi) is 5.43. The average Bonchev–Trinajstić information content (AvgIpc) is 2.80. The molecule has 0 atom stereocenters. The van der Waals surface area contributed by atoms with Gasteiger partial charge in [-0.15, -0.1) is 0 Å². The highest BCUT2D eigenvalue weighted by Gasteiger charge is 2.15. The van der Waals surface area contributed by atoms with Gasteiger partial charge in [0.25, 0.3) is 5.56 Å². The van der Waals surface area contributed by atoms with Crippen molar-refractivity contribution in [2.45, 2.75) is 59.4 Å². The van der Waals surface area contributed by atoms with Crippen LogP contribution in [0.15, 0.2) is 29.1 Å². The van der Waals surface area contributed by atoms with Crippen molar-refractivity contribution in [3.63, 3.8) is 0 Å². The summed E-state index contributed by atoms with van der Waals surface area (Å²) in [5.74, 6) is 0. The first-order valence-electron chi connectivity index (χ1n) is 8.06. The fraction of sp³-hybridized carbons (Fsp3) is 0.500. The number of nitrogens with one attached hydrogen (secondary N) is 1. The van der Waals surface area contributed by atoms with E-state index in [2.05, 4.69) is 50.1 Å². The molecule has 114 valence electrons. The van der Waals surface area contributed by atoms with E-state index in [0.717, 1.165) is 55.5 Å². The van der Waals surface area contributed by atoms with Gasteiger partial charge in [-0.2, -0.15) is 0 Å². The number of aromatic amines is 1. The highest BCUT2D eigenvalue weighted by atomic mass is 16.1. The van der Waals surface area contributed by atoms with E-state index in [1.165, 1.54) is 5.56 Å². The topological polar surface area (TPSA) is 37.8 Å². The van der Waals surface area contributed by atoms with Gasteiger partial charge in [0.15, 0.2) is 0 Å². The molecule has 1 N–H and O–H groups in total. The Bertz CT molecular complexity index is 620. The van der Waals surface area contributed by atoms with Crippen molar-refractivity contribution in [3.05, 3.63) is 45.9 Å². The lowest BCUT2D eigenvalue weighted by atomic mass is 10.0. The molecule has 0 amide bonds. The summed E-state index contributed by atoms with van der Waals surface area (Å²) >= 11 is 0. The summed E-state index contributed by atoms with van der Waals surface area (Å²) in [4.78, 5) is 12.7. The molecule has 1 aromatic carbocycles. The summed E-state index contributed by atoms with van der Waals surface area (Å²) in [5, 5.41) is 3.34. The predicted octanol–water partition coefficient (Wildman–Crippen LogP) is 4.29. The molecule has 1 aromatic heterocycles. The van der Waals surface area contributed by atoms with Gasteiger partial charge < -0.3 is 0 Å². The Morgan fingerprint density at radius 3 is 2.33 bits per heavy atom. The third kappa shape index (κ3) is 3.66. The second kappa shape index (κ2) is 7.30. The van der Waals surface area contributed by atoms with Gasteiger partial charge >= 0.3 is 0 Å². The van der Waals surface area contributed by atoms with Crippen LogP contribution in [0.1, 0.15) is 50.8 Å². The summed E-state index contributed by atoms with van der Waals surface area (Å²) in [7, 11) is 0. The van der Waals surface area contributed by atoms with Gasteiger partial charge in [-0.05, 0) is 31.7 Å². The van der Waals surface area contributed by atoms with Crippen LogP contribution in [0.2, 0.25) is 0 Å². The van der Waals surface area contributed by atoms with Crippen LogP contribution in [-0.2, 0) is 13.0 Å². The molecule has 0 saturated carbocycles. The van der Waals surface area contributed by atoms with Gasteiger partial charge in [0.1, 0.15) is 0 Å². The standard InChI is InChI=1S/C18H26N2O/c1-4-6-8-16-17(15-11-9-14(3)10-12-15)18(21)20(19-16)13-7-5-2/h9-12,19H,4-8,13H2,1-3H3. The molecule has 3 heteroatoms. The number of nitrogens with zero attached hydrogens (tertiary/aromatic N) is 1. The number of aromatic nitrogens is 2. The Balaban J connectivity index is 2.42. The van der Waals surface area contributed by atoms with Crippen LogP contribution in [-0.4, -0.2) is 9.78 Å². The zero-order valence-corrected chi connectivity index (χ0v) is 13.4. The van der Waals surface area contributed by atoms with Crippen molar-refractivity contribution in [3.8, 4) is 11.1 Å². The molecule has 0 saturated heterocycles. The largest absolute Gasteiger partial charge is 0.299 e.